The number of amides is 1. The van der Waals surface area contributed by atoms with Crippen LogP contribution in [0.5, 0.6) is 11.5 Å². The number of hydrogen-bond donors (Lipinski definition) is 1. The minimum atomic E-state index is -0.240. The van der Waals surface area contributed by atoms with Crippen LogP contribution in [-0.4, -0.2) is 18.7 Å². The number of hydrazone groups is 1. The van der Waals surface area contributed by atoms with Gasteiger partial charge >= 0.3 is 0 Å². The molecule has 144 valence electrons. The molecular formula is C22H22N2O3S. The van der Waals surface area contributed by atoms with Crippen molar-refractivity contribution in [3.63, 3.8) is 0 Å². The van der Waals surface area contributed by atoms with E-state index in [1.165, 1.54) is 0 Å². The molecule has 0 fully saturated rings. The van der Waals surface area contributed by atoms with Gasteiger partial charge in [-0.25, -0.2) is 5.43 Å². The number of carbonyl (C=O) groups is 1. The predicted molar refractivity (Wildman–Crippen MR) is 113 cm³/mol. The van der Waals surface area contributed by atoms with Crippen LogP contribution in [0.3, 0.4) is 0 Å². The second-order valence-corrected chi connectivity index (χ2v) is 7.05. The van der Waals surface area contributed by atoms with Gasteiger partial charge in [-0.1, -0.05) is 24.3 Å². The predicted octanol–water partition coefficient (Wildman–Crippen LogP) is 4.80. The third kappa shape index (κ3) is 5.20. The Hall–Kier alpha value is -3.12. The highest BCUT2D eigenvalue weighted by Gasteiger charge is 2.08. The Morgan fingerprint density at radius 2 is 1.96 bits per heavy atom. The fourth-order valence-electron chi connectivity index (χ4n) is 2.59. The quantitative estimate of drug-likeness (QED) is 0.441. The van der Waals surface area contributed by atoms with E-state index >= 15 is 0 Å². The number of aryl methyl sites for hydroxylation is 1. The Kier molecular flexibility index (Phi) is 6.81. The molecule has 5 nitrogen and oxygen atoms in total. The van der Waals surface area contributed by atoms with Crippen molar-refractivity contribution < 1.29 is 14.3 Å². The number of ether oxygens (including phenoxy) is 2. The highest BCUT2D eigenvalue weighted by Crippen LogP contribution is 2.29. The summed E-state index contributed by atoms with van der Waals surface area (Å²) in [6.45, 7) is 4.84. The molecule has 0 unspecified atom stereocenters. The molecule has 2 aromatic carbocycles. The van der Waals surface area contributed by atoms with E-state index in [1.54, 1.807) is 23.6 Å². The van der Waals surface area contributed by atoms with Crippen molar-refractivity contribution in [3.8, 4) is 11.5 Å². The molecule has 0 atom stereocenters. The van der Waals surface area contributed by atoms with Gasteiger partial charge in [-0.2, -0.15) is 5.10 Å². The fraction of sp³-hybridized carbons (Fsp3) is 0.182. The zero-order valence-corrected chi connectivity index (χ0v) is 16.7. The van der Waals surface area contributed by atoms with Crippen molar-refractivity contribution in [2.45, 2.75) is 20.5 Å². The van der Waals surface area contributed by atoms with E-state index in [0.29, 0.717) is 30.3 Å². The lowest BCUT2D eigenvalue weighted by Crippen LogP contribution is -2.18. The molecule has 1 heterocycles. The number of nitrogens with zero attached hydrogens (tertiary/aromatic N) is 1. The zero-order chi connectivity index (χ0) is 19.8. The van der Waals surface area contributed by atoms with Crippen LogP contribution in [0.1, 0.15) is 33.3 Å². The van der Waals surface area contributed by atoms with Crippen LogP contribution in [0.4, 0.5) is 0 Å². The second-order valence-electron chi connectivity index (χ2n) is 6.02. The largest absolute Gasteiger partial charge is 0.490 e. The van der Waals surface area contributed by atoms with E-state index in [4.69, 9.17) is 9.47 Å². The van der Waals surface area contributed by atoms with Crippen molar-refractivity contribution in [1.82, 2.24) is 5.43 Å². The van der Waals surface area contributed by atoms with Gasteiger partial charge < -0.3 is 9.47 Å². The smallest absolute Gasteiger partial charge is 0.271 e. The van der Waals surface area contributed by atoms with Crippen LogP contribution in [0.2, 0.25) is 0 Å². The topological polar surface area (TPSA) is 59.9 Å². The molecule has 0 saturated heterocycles. The first-order valence-electron chi connectivity index (χ1n) is 8.98. The van der Waals surface area contributed by atoms with Crippen molar-refractivity contribution in [3.05, 3.63) is 81.5 Å². The summed E-state index contributed by atoms with van der Waals surface area (Å²) in [4.78, 5) is 13.4. The molecule has 3 rings (SSSR count). The van der Waals surface area contributed by atoms with Gasteiger partial charge in [0, 0.05) is 10.4 Å². The van der Waals surface area contributed by atoms with E-state index in [-0.39, 0.29) is 5.91 Å². The fourth-order valence-corrected chi connectivity index (χ4v) is 3.21. The van der Waals surface area contributed by atoms with E-state index in [2.05, 4.69) is 10.5 Å². The summed E-state index contributed by atoms with van der Waals surface area (Å²) in [6, 6.07) is 17.0. The van der Waals surface area contributed by atoms with Crippen molar-refractivity contribution in [2.24, 2.45) is 5.10 Å². The Morgan fingerprint density at radius 1 is 1.11 bits per heavy atom. The molecule has 0 aliphatic carbocycles. The zero-order valence-electron chi connectivity index (χ0n) is 15.8. The van der Waals surface area contributed by atoms with E-state index < -0.39 is 0 Å². The summed E-state index contributed by atoms with van der Waals surface area (Å²) in [6.07, 6.45) is 1.59. The third-order valence-electron chi connectivity index (χ3n) is 3.99. The van der Waals surface area contributed by atoms with Gasteiger partial charge in [0.25, 0.3) is 5.91 Å². The highest BCUT2D eigenvalue weighted by molar-refractivity contribution is 7.09. The van der Waals surface area contributed by atoms with Crippen LogP contribution in [0, 0.1) is 6.92 Å². The van der Waals surface area contributed by atoms with Gasteiger partial charge in [-0.3, -0.25) is 4.79 Å². The lowest BCUT2D eigenvalue weighted by molar-refractivity contribution is 0.0954. The SMILES string of the molecule is CCOc1cc(/C=N\NC(=O)c2ccccc2C)ccc1OCc1cccs1. The Labute approximate surface area is 168 Å². The average Bonchev–Trinajstić information content (AvgIpc) is 3.21. The molecule has 0 saturated carbocycles. The van der Waals surface area contributed by atoms with Gasteiger partial charge in [-0.15, -0.1) is 11.3 Å². The van der Waals surface area contributed by atoms with Gasteiger partial charge in [0.1, 0.15) is 6.61 Å². The molecule has 0 radical (unpaired) electrons. The molecule has 0 spiro atoms. The number of nitrogens with one attached hydrogen (secondary N) is 1. The van der Waals surface area contributed by atoms with E-state index in [1.807, 2.05) is 67.8 Å². The standard InChI is InChI=1S/C22H22N2O3S/c1-3-26-21-13-17(10-11-20(21)27-15-18-8-6-12-28-18)14-23-24-22(25)19-9-5-4-7-16(19)2/h4-14H,3,15H2,1-2H3,(H,24,25)/b23-14-. The highest BCUT2D eigenvalue weighted by atomic mass is 32.1. The molecule has 1 amide bonds. The monoisotopic (exact) mass is 394 g/mol. The Morgan fingerprint density at radius 3 is 2.71 bits per heavy atom. The molecule has 1 N–H and O–H groups in total. The molecule has 0 aliphatic rings. The summed E-state index contributed by atoms with van der Waals surface area (Å²) in [5.41, 5.74) is 4.87. The first-order chi connectivity index (χ1) is 13.7. The summed E-state index contributed by atoms with van der Waals surface area (Å²) in [5.74, 6) is 1.08. The van der Waals surface area contributed by atoms with E-state index in [0.717, 1.165) is 16.0 Å². The molecule has 3 aromatic rings. The lowest BCUT2D eigenvalue weighted by Gasteiger charge is -2.12. The number of hydrogen-bond acceptors (Lipinski definition) is 5. The summed E-state index contributed by atoms with van der Waals surface area (Å²) in [5, 5.41) is 6.08. The van der Waals surface area contributed by atoms with Crippen LogP contribution in [0.15, 0.2) is 65.1 Å². The first kappa shape index (κ1) is 19.6. The maximum Gasteiger partial charge on any atom is 0.271 e. The number of rotatable bonds is 8. The van der Waals surface area contributed by atoms with Gasteiger partial charge in [0.15, 0.2) is 11.5 Å². The van der Waals surface area contributed by atoms with Crippen LogP contribution in [-0.2, 0) is 6.61 Å². The average molecular weight is 394 g/mol. The normalized spacial score (nSPS) is 10.8. The molecule has 0 aliphatic heterocycles. The van der Waals surface area contributed by atoms with Crippen LogP contribution in [0.25, 0.3) is 0 Å². The van der Waals surface area contributed by atoms with Gasteiger partial charge in [0.05, 0.1) is 12.8 Å². The van der Waals surface area contributed by atoms with Crippen molar-refractivity contribution in [2.75, 3.05) is 6.61 Å². The number of thiophene rings is 1. The Bertz CT molecular complexity index is 952. The molecular weight excluding hydrogens is 372 g/mol. The van der Waals surface area contributed by atoms with Crippen LogP contribution < -0.4 is 14.9 Å². The summed E-state index contributed by atoms with van der Waals surface area (Å²) >= 11 is 1.65. The second kappa shape index (κ2) is 9.71. The number of benzene rings is 2. The molecule has 28 heavy (non-hydrogen) atoms. The minimum Gasteiger partial charge on any atom is -0.490 e. The maximum atomic E-state index is 12.2. The van der Waals surface area contributed by atoms with Gasteiger partial charge in [0.2, 0.25) is 0 Å². The van der Waals surface area contributed by atoms with Crippen molar-refractivity contribution >= 4 is 23.5 Å². The third-order valence-corrected chi connectivity index (χ3v) is 4.84. The maximum absolute atomic E-state index is 12.2. The van der Waals surface area contributed by atoms with Gasteiger partial charge in [-0.05, 0) is 60.7 Å². The Balaban J connectivity index is 1.66. The summed E-state index contributed by atoms with van der Waals surface area (Å²) in [7, 11) is 0. The first-order valence-corrected chi connectivity index (χ1v) is 9.86. The molecule has 6 heteroatoms. The number of carbonyl (C=O) groups excluding carboxylic acids is 1. The van der Waals surface area contributed by atoms with E-state index in [9.17, 15) is 4.79 Å². The lowest BCUT2D eigenvalue weighted by atomic mass is 10.1. The summed E-state index contributed by atoms with van der Waals surface area (Å²) < 4.78 is 11.6. The molecule has 1 aromatic heterocycles. The van der Waals surface area contributed by atoms with Crippen LogP contribution >= 0.6 is 11.3 Å². The molecule has 0 bridgehead atoms. The minimum absolute atomic E-state index is 0.240. The van der Waals surface area contributed by atoms with Crippen molar-refractivity contribution in [1.29, 1.82) is 0 Å².